The van der Waals surface area contributed by atoms with Gasteiger partial charge in [-0.2, -0.15) is 13.2 Å². The molecule has 2 aromatic carbocycles. The van der Waals surface area contributed by atoms with E-state index in [1.54, 1.807) is 0 Å². The van der Waals surface area contributed by atoms with Crippen molar-refractivity contribution in [2.24, 2.45) is 5.92 Å². The second-order valence-electron chi connectivity index (χ2n) is 8.78. The molecule has 8 nitrogen and oxygen atoms in total. The summed E-state index contributed by atoms with van der Waals surface area (Å²) in [5.41, 5.74) is -1.13. The molecule has 0 radical (unpaired) electrons. The van der Waals surface area contributed by atoms with Gasteiger partial charge in [0.05, 0.1) is 23.0 Å². The fraction of sp³-hybridized carbons (Fsp3) is 0.304. The Morgan fingerprint density at radius 1 is 1.06 bits per heavy atom. The molecule has 36 heavy (non-hydrogen) atoms. The molecule has 1 atom stereocenters. The Balaban J connectivity index is 1.94. The predicted octanol–water partition coefficient (Wildman–Crippen LogP) is 4.28. The van der Waals surface area contributed by atoms with E-state index in [4.69, 9.17) is 9.47 Å². The van der Waals surface area contributed by atoms with Crippen LogP contribution in [0, 0.1) is 11.7 Å². The van der Waals surface area contributed by atoms with Gasteiger partial charge in [0, 0.05) is 31.3 Å². The first-order valence-electron chi connectivity index (χ1n) is 10.5. The average molecular weight is 528 g/mol. The summed E-state index contributed by atoms with van der Waals surface area (Å²) in [6.45, 7) is 2.64. The zero-order valence-corrected chi connectivity index (χ0v) is 19.9. The van der Waals surface area contributed by atoms with Crippen LogP contribution in [0.2, 0.25) is 0 Å². The fourth-order valence-electron chi connectivity index (χ4n) is 4.20. The Bertz CT molecular complexity index is 1460. The zero-order valence-electron chi connectivity index (χ0n) is 19.1. The number of H-pyrrole nitrogens is 1. The average Bonchev–Trinajstić information content (AvgIpc) is 3.13. The largest absolute Gasteiger partial charge is 0.422 e. The van der Waals surface area contributed by atoms with Crippen LogP contribution in [-0.2, 0) is 35.3 Å². The van der Waals surface area contributed by atoms with Gasteiger partial charge in [-0.3, -0.25) is 14.3 Å². The monoisotopic (exact) mass is 528 g/mol. The number of aromatic nitrogens is 1. The summed E-state index contributed by atoms with van der Waals surface area (Å²) in [6.07, 6.45) is -2.57. The molecule has 4 rings (SSSR count). The maximum Gasteiger partial charge on any atom is 0.416 e. The molecule has 1 saturated heterocycles. The summed E-state index contributed by atoms with van der Waals surface area (Å²) in [4.78, 5) is 28.7. The Morgan fingerprint density at radius 3 is 2.25 bits per heavy atom. The first-order valence-corrected chi connectivity index (χ1v) is 12.4. The number of esters is 2. The van der Waals surface area contributed by atoms with Gasteiger partial charge in [-0.05, 0) is 29.3 Å². The van der Waals surface area contributed by atoms with Crippen LogP contribution in [-0.4, -0.2) is 37.4 Å². The molecule has 0 amide bonds. The first kappa shape index (κ1) is 25.5. The second-order valence-corrected chi connectivity index (χ2v) is 10.5. The van der Waals surface area contributed by atoms with Gasteiger partial charge in [0.2, 0.25) is 10.0 Å². The summed E-state index contributed by atoms with van der Waals surface area (Å²) in [5.74, 6) is -8.23. The third-order valence-electron chi connectivity index (χ3n) is 5.57. The van der Waals surface area contributed by atoms with Crippen molar-refractivity contribution in [3.05, 3.63) is 65.1 Å². The maximum atomic E-state index is 15.2. The van der Waals surface area contributed by atoms with Gasteiger partial charge in [-0.25, -0.2) is 12.8 Å². The van der Waals surface area contributed by atoms with Gasteiger partial charge in [-0.15, -0.1) is 0 Å². The number of anilines is 1. The van der Waals surface area contributed by atoms with Crippen LogP contribution in [0.25, 0.3) is 10.9 Å². The number of fused-ring (bicyclic) bond motifs is 1. The lowest BCUT2D eigenvalue weighted by molar-refractivity contribution is -0.240. The number of hydrogen-bond acceptors (Lipinski definition) is 6. The first-order chi connectivity index (χ1) is 16.6. The highest BCUT2D eigenvalue weighted by Crippen LogP contribution is 2.43. The zero-order chi connectivity index (χ0) is 26.6. The van der Waals surface area contributed by atoms with E-state index in [9.17, 15) is 31.2 Å². The summed E-state index contributed by atoms with van der Waals surface area (Å²) < 4.78 is 90.9. The molecule has 2 N–H and O–H groups in total. The number of alkyl halides is 3. The Hall–Kier alpha value is -3.61. The molecule has 2 heterocycles. The minimum atomic E-state index is -4.82. The van der Waals surface area contributed by atoms with Crippen molar-refractivity contribution in [2.75, 3.05) is 11.0 Å². The Morgan fingerprint density at radius 2 is 1.69 bits per heavy atom. The number of carbonyl (C=O) groups excluding carboxylic acids is 2. The molecular formula is C23H20F4N2O6S. The van der Waals surface area contributed by atoms with E-state index >= 15 is 4.39 Å². The molecule has 1 aromatic heterocycles. The highest BCUT2D eigenvalue weighted by Gasteiger charge is 2.49. The van der Waals surface area contributed by atoms with Crippen molar-refractivity contribution >= 4 is 38.6 Å². The van der Waals surface area contributed by atoms with Gasteiger partial charge in [0.25, 0.3) is 5.79 Å². The lowest BCUT2D eigenvalue weighted by atomic mass is 9.79. The third-order valence-corrected chi connectivity index (χ3v) is 6.17. The quantitative estimate of drug-likeness (QED) is 0.290. The number of halogens is 4. The molecule has 1 fully saturated rings. The van der Waals surface area contributed by atoms with Gasteiger partial charge in [-0.1, -0.05) is 18.2 Å². The number of para-hydroxylation sites is 1. The molecule has 1 aliphatic heterocycles. The number of sulfonamides is 1. The van der Waals surface area contributed by atoms with E-state index in [-0.39, 0.29) is 28.4 Å². The van der Waals surface area contributed by atoms with Gasteiger partial charge in [0.15, 0.2) is 5.92 Å². The summed E-state index contributed by atoms with van der Waals surface area (Å²) in [7, 11) is -3.69. The van der Waals surface area contributed by atoms with Crippen LogP contribution in [0.4, 0.5) is 23.2 Å². The molecule has 0 spiro atoms. The maximum absolute atomic E-state index is 15.2. The van der Waals surface area contributed by atoms with Crippen molar-refractivity contribution in [3.8, 4) is 0 Å². The third kappa shape index (κ3) is 4.87. The van der Waals surface area contributed by atoms with Crippen LogP contribution in [0.5, 0.6) is 0 Å². The number of hydrogen-bond donors (Lipinski definition) is 2. The van der Waals surface area contributed by atoms with Gasteiger partial charge in [0.1, 0.15) is 5.82 Å². The minimum Gasteiger partial charge on any atom is -0.422 e. The van der Waals surface area contributed by atoms with Crippen LogP contribution in [0.15, 0.2) is 42.6 Å². The van der Waals surface area contributed by atoms with Crippen molar-refractivity contribution in [2.45, 2.75) is 31.7 Å². The van der Waals surface area contributed by atoms with E-state index < -0.39 is 57.1 Å². The van der Waals surface area contributed by atoms with E-state index in [1.807, 2.05) is 0 Å². The smallest absolute Gasteiger partial charge is 0.416 e. The number of rotatable bonds is 5. The number of nitrogens with one attached hydrogen (secondary N) is 2. The van der Waals surface area contributed by atoms with Crippen LogP contribution in [0.1, 0.15) is 36.5 Å². The normalized spacial score (nSPS) is 17.5. The Kier molecular flexibility index (Phi) is 6.02. The molecule has 0 saturated carbocycles. The molecule has 1 unspecified atom stereocenters. The predicted molar refractivity (Wildman–Crippen MR) is 120 cm³/mol. The molecule has 1 aliphatic rings. The van der Waals surface area contributed by atoms with E-state index in [0.717, 1.165) is 12.3 Å². The van der Waals surface area contributed by atoms with E-state index in [2.05, 4.69) is 9.71 Å². The van der Waals surface area contributed by atoms with Gasteiger partial charge >= 0.3 is 18.1 Å². The molecule has 0 aliphatic carbocycles. The SMILES string of the molecule is CC1(C)OC(=O)C(C(c2ccc(C(F)(F)F)cc2F)c2c[nH]c3c(NS(C)(=O)=O)cccc23)C(=O)O1. The number of aromatic amines is 1. The molecular weight excluding hydrogens is 508 g/mol. The lowest BCUT2D eigenvalue weighted by Crippen LogP contribution is -2.48. The molecule has 3 aromatic rings. The van der Waals surface area contributed by atoms with Crippen molar-refractivity contribution in [1.29, 1.82) is 0 Å². The highest BCUT2D eigenvalue weighted by atomic mass is 32.2. The number of benzene rings is 2. The number of cyclic esters (lactones) is 2. The number of carbonyl (C=O) groups is 2. The van der Waals surface area contributed by atoms with Crippen molar-refractivity contribution < 1.29 is 45.0 Å². The second kappa shape index (κ2) is 8.50. The molecule has 0 bridgehead atoms. The van der Waals surface area contributed by atoms with Crippen LogP contribution in [0.3, 0.4) is 0 Å². The molecule has 13 heteroatoms. The summed E-state index contributed by atoms with van der Waals surface area (Å²) in [6, 6.07) is 6.21. The summed E-state index contributed by atoms with van der Waals surface area (Å²) >= 11 is 0. The van der Waals surface area contributed by atoms with Crippen molar-refractivity contribution in [1.82, 2.24) is 4.98 Å². The van der Waals surface area contributed by atoms with E-state index in [1.165, 1.54) is 38.2 Å². The fourth-order valence-corrected chi connectivity index (χ4v) is 4.77. The standard InChI is InChI=1S/C23H20F4N2O6S/c1-22(2)34-20(30)18(21(31)35-22)17(13-8-7-11(9-15(13)24)23(25,26)27)14-10-28-19-12(14)5-4-6-16(19)29-36(3,32)33/h4-10,17-18,28-29H,1-3H3. The minimum absolute atomic E-state index is 0.128. The highest BCUT2D eigenvalue weighted by molar-refractivity contribution is 7.92. The molecule has 192 valence electrons. The Labute approximate surface area is 202 Å². The lowest BCUT2D eigenvalue weighted by Gasteiger charge is -2.36. The van der Waals surface area contributed by atoms with Crippen LogP contribution >= 0.6 is 0 Å². The summed E-state index contributed by atoms with van der Waals surface area (Å²) in [5, 5.41) is 0.290. The van der Waals surface area contributed by atoms with Crippen molar-refractivity contribution in [3.63, 3.8) is 0 Å². The topological polar surface area (TPSA) is 115 Å². The van der Waals surface area contributed by atoms with E-state index in [0.29, 0.717) is 11.5 Å². The number of ether oxygens (including phenoxy) is 2. The van der Waals surface area contributed by atoms with Crippen LogP contribution < -0.4 is 4.72 Å². The van der Waals surface area contributed by atoms with Gasteiger partial charge < -0.3 is 14.5 Å².